The smallest absolute Gasteiger partial charge is 0.251 e. The van der Waals surface area contributed by atoms with Crippen LogP contribution in [0.5, 0.6) is 17.4 Å². The standard InChI is InChI=1S/C17H19ClN2O4/c1-4-24-17-11(6-5-7-19-17)10-20-16(21)12-8-13(18)15(23-3)14(9-12)22-2/h5-9H,4,10H2,1-3H3,(H,20,21). The highest BCUT2D eigenvalue weighted by atomic mass is 35.5. The molecule has 1 aromatic carbocycles. The van der Waals surface area contributed by atoms with E-state index in [1.807, 2.05) is 13.0 Å². The molecule has 1 aromatic heterocycles. The average Bonchev–Trinajstić information content (AvgIpc) is 2.60. The molecule has 0 saturated heterocycles. The van der Waals surface area contributed by atoms with Crippen LogP contribution in [0, 0.1) is 0 Å². The Hall–Kier alpha value is -2.47. The molecule has 2 rings (SSSR count). The second kappa shape index (κ2) is 8.40. The maximum Gasteiger partial charge on any atom is 0.251 e. The summed E-state index contributed by atoms with van der Waals surface area (Å²) >= 11 is 6.13. The van der Waals surface area contributed by atoms with E-state index in [0.29, 0.717) is 34.6 Å². The number of rotatable bonds is 7. The molecule has 1 amide bonds. The number of carbonyl (C=O) groups excluding carboxylic acids is 1. The molecule has 0 atom stereocenters. The van der Waals surface area contributed by atoms with Gasteiger partial charge in [0, 0.05) is 23.9 Å². The van der Waals surface area contributed by atoms with Crippen LogP contribution in [-0.2, 0) is 6.54 Å². The molecule has 1 heterocycles. The van der Waals surface area contributed by atoms with E-state index in [9.17, 15) is 4.79 Å². The van der Waals surface area contributed by atoms with Crippen LogP contribution < -0.4 is 19.5 Å². The Morgan fingerprint density at radius 3 is 2.75 bits per heavy atom. The number of benzene rings is 1. The summed E-state index contributed by atoms with van der Waals surface area (Å²) in [4.78, 5) is 16.5. The fourth-order valence-electron chi connectivity index (χ4n) is 2.15. The number of aromatic nitrogens is 1. The van der Waals surface area contributed by atoms with Crippen molar-refractivity contribution in [2.75, 3.05) is 20.8 Å². The summed E-state index contributed by atoms with van der Waals surface area (Å²) in [5, 5.41) is 3.12. The van der Waals surface area contributed by atoms with Crippen LogP contribution in [0.25, 0.3) is 0 Å². The number of nitrogens with zero attached hydrogens (tertiary/aromatic N) is 1. The van der Waals surface area contributed by atoms with Gasteiger partial charge in [0.25, 0.3) is 5.91 Å². The highest BCUT2D eigenvalue weighted by Crippen LogP contribution is 2.36. The summed E-state index contributed by atoms with van der Waals surface area (Å²) < 4.78 is 15.8. The van der Waals surface area contributed by atoms with Crippen LogP contribution >= 0.6 is 11.6 Å². The van der Waals surface area contributed by atoms with E-state index in [1.54, 1.807) is 18.3 Å². The lowest BCUT2D eigenvalue weighted by molar-refractivity contribution is 0.0950. The third-order valence-corrected chi connectivity index (χ3v) is 3.55. The number of hydrogen-bond acceptors (Lipinski definition) is 5. The van der Waals surface area contributed by atoms with Gasteiger partial charge in [0.05, 0.1) is 25.8 Å². The minimum atomic E-state index is -0.288. The lowest BCUT2D eigenvalue weighted by Crippen LogP contribution is -2.23. The zero-order chi connectivity index (χ0) is 17.5. The Kier molecular flexibility index (Phi) is 6.26. The Labute approximate surface area is 145 Å². The first kappa shape index (κ1) is 17.9. The molecule has 0 saturated carbocycles. The summed E-state index contributed by atoms with van der Waals surface area (Å²) in [5.41, 5.74) is 1.17. The van der Waals surface area contributed by atoms with Gasteiger partial charge < -0.3 is 19.5 Å². The molecule has 2 aromatic rings. The van der Waals surface area contributed by atoms with Gasteiger partial charge in [-0.15, -0.1) is 0 Å². The lowest BCUT2D eigenvalue weighted by atomic mass is 10.1. The first-order valence-electron chi connectivity index (χ1n) is 7.37. The Balaban J connectivity index is 2.15. The topological polar surface area (TPSA) is 69.7 Å². The van der Waals surface area contributed by atoms with Crippen LogP contribution in [0.4, 0.5) is 0 Å². The molecule has 6 nitrogen and oxygen atoms in total. The van der Waals surface area contributed by atoms with Gasteiger partial charge in [-0.2, -0.15) is 0 Å². The van der Waals surface area contributed by atoms with E-state index in [4.69, 9.17) is 25.8 Å². The van der Waals surface area contributed by atoms with Crippen molar-refractivity contribution in [2.24, 2.45) is 0 Å². The SMILES string of the molecule is CCOc1ncccc1CNC(=O)c1cc(Cl)c(OC)c(OC)c1. The van der Waals surface area contributed by atoms with Crippen LogP contribution in [0.3, 0.4) is 0 Å². The molecule has 0 aliphatic heterocycles. The maximum atomic E-state index is 12.4. The van der Waals surface area contributed by atoms with E-state index in [-0.39, 0.29) is 12.5 Å². The van der Waals surface area contributed by atoms with E-state index in [0.717, 1.165) is 5.56 Å². The maximum absolute atomic E-state index is 12.4. The molecular weight excluding hydrogens is 332 g/mol. The molecule has 0 spiro atoms. The molecule has 1 N–H and O–H groups in total. The summed E-state index contributed by atoms with van der Waals surface area (Å²) in [6.07, 6.45) is 1.64. The largest absolute Gasteiger partial charge is 0.493 e. The molecule has 0 fully saturated rings. The fourth-order valence-corrected chi connectivity index (χ4v) is 2.44. The van der Waals surface area contributed by atoms with Crippen molar-refractivity contribution in [1.82, 2.24) is 10.3 Å². The van der Waals surface area contributed by atoms with Crippen molar-refractivity contribution in [3.63, 3.8) is 0 Å². The Bertz CT molecular complexity index is 722. The molecule has 0 unspecified atom stereocenters. The number of amides is 1. The van der Waals surface area contributed by atoms with Gasteiger partial charge in [-0.3, -0.25) is 4.79 Å². The van der Waals surface area contributed by atoms with Gasteiger partial charge in [0.15, 0.2) is 11.5 Å². The highest BCUT2D eigenvalue weighted by molar-refractivity contribution is 6.32. The van der Waals surface area contributed by atoms with Gasteiger partial charge >= 0.3 is 0 Å². The minimum absolute atomic E-state index is 0.286. The molecule has 0 radical (unpaired) electrons. The normalized spacial score (nSPS) is 10.2. The number of methoxy groups -OCH3 is 2. The number of ether oxygens (including phenoxy) is 3. The predicted octanol–water partition coefficient (Wildman–Crippen LogP) is 3.08. The predicted molar refractivity (Wildman–Crippen MR) is 91.1 cm³/mol. The third-order valence-electron chi connectivity index (χ3n) is 3.27. The molecular formula is C17H19ClN2O4. The number of halogens is 1. The first-order valence-corrected chi connectivity index (χ1v) is 7.74. The van der Waals surface area contributed by atoms with Crippen LogP contribution in [0.1, 0.15) is 22.8 Å². The van der Waals surface area contributed by atoms with Crippen molar-refractivity contribution in [1.29, 1.82) is 0 Å². The summed E-state index contributed by atoms with van der Waals surface area (Å²) in [7, 11) is 2.97. The van der Waals surface area contributed by atoms with Crippen molar-refractivity contribution >= 4 is 17.5 Å². The molecule has 0 bridgehead atoms. The Morgan fingerprint density at radius 2 is 2.08 bits per heavy atom. The van der Waals surface area contributed by atoms with E-state index in [1.165, 1.54) is 20.3 Å². The molecule has 24 heavy (non-hydrogen) atoms. The van der Waals surface area contributed by atoms with Crippen LogP contribution in [-0.4, -0.2) is 31.7 Å². The monoisotopic (exact) mass is 350 g/mol. The van der Waals surface area contributed by atoms with Gasteiger partial charge in [0.2, 0.25) is 5.88 Å². The number of nitrogens with one attached hydrogen (secondary N) is 1. The second-order valence-corrected chi connectivity index (χ2v) is 5.18. The summed E-state index contributed by atoms with van der Waals surface area (Å²) in [6.45, 7) is 2.67. The number of pyridine rings is 1. The van der Waals surface area contributed by atoms with E-state index >= 15 is 0 Å². The molecule has 0 aliphatic rings. The molecule has 0 aliphatic carbocycles. The highest BCUT2D eigenvalue weighted by Gasteiger charge is 2.15. The third kappa shape index (κ3) is 4.08. The second-order valence-electron chi connectivity index (χ2n) is 4.78. The van der Waals surface area contributed by atoms with E-state index in [2.05, 4.69) is 10.3 Å². The average molecular weight is 351 g/mol. The fraction of sp³-hybridized carbons (Fsp3) is 0.294. The van der Waals surface area contributed by atoms with E-state index < -0.39 is 0 Å². The van der Waals surface area contributed by atoms with Gasteiger partial charge in [-0.1, -0.05) is 17.7 Å². The van der Waals surface area contributed by atoms with Crippen molar-refractivity contribution in [3.05, 3.63) is 46.6 Å². The lowest BCUT2D eigenvalue weighted by Gasteiger charge is -2.13. The minimum Gasteiger partial charge on any atom is -0.493 e. The van der Waals surface area contributed by atoms with Crippen LogP contribution in [0.15, 0.2) is 30.5 Å². The zero-order valence-electron chi connectivity index (χ0n) is 13.8. The van der Waals surface area contributed by atoms with Crippen LogP contribution in [0.2, 0.25) is 5.02 Å². The zero-order valence-corrected chi connectivity index (χ0v) is 14.5. The molecule has 7 heteroatoms. The number of carbonyl (C=O) groups is 1. The van der Waals surface area contributed by atoms with Crippen molar-refractivity contribution < 1.29 is 19.0 Å². The quantitative estimate of drug-likeness (QED) is 0.831. The summed E-state index contributed by atoms with van der Waals surface area (Å²) in [6, 6.07) is 6.74. The van der Waals surface area contributed by atoms with Crippen molar-refractivity contribution in [2.45, 2.75) is 13.5 Å². The first-order chi connectivity index (χ1) is 11.6. The van der Waals surface area contributed by atoms with Gasteiger partial charge in [-0.05, 0) is 25.1 Å². The van der Waals surface area contributed by atoms with Gasteiger partial charge in [-0.25, -0.2) is 4.98 Å². The van der Waals surface area contributed by atoms with Gasteiger partial charge in [0.1, 0.15) is 0 Å². The van der Waals surface area contributed by atoms with Crippen molar-refractivity contribution in [3.8, 4) is 17.4 Å². The number of hydrogen-bond donors (Lipinski definition) is 1. The summed E-state index contributed by atoms with van der Waals surface area (Å²) in [5.74, 6) is 1.00. The molecule has 128 valence electrons. The Morgan fingerprint density at radius 1 is 1.29 bits per heavy atom.